The molecule has 0 fully saturated rings. The second kappa shape index (κ2) is 5.26. The lowest BCUT2D eigenvalue weighted by Gasteiger charge is -2.08. The molecule has 0 aliphatic carbocycles. The first kappa shape index (κ1) is 11.4. The third-order valence-corrected chi connectivity index (χ3v) is 2.44. The Morgan fingerprint density at radius 2 is 2.36 bits per heavy atom. The minimum Gasteiger partial charge on any atom is -0.475 e. The third-order valence-electron chi connectivity index (χ3n) is 1.60. The van der Waals surface area contributed by atoms with Crippen LogP contribution in [-0.2, 0) is 0 Å². The Labute approximate surface area is 90.1 Å². The van der Waals surface area contributed by atoms with Gasteiger partial charge in [0.05, 0.1) is 5.69 Å². The van der Waals surface area contributed by atoms with Gasteiger partial charge in [-0.1, -0.05) is 0 Å². The molecule has 5 heteroatoms. The smallest absolute Gasteiger partial charge is 0.213 e. The van der Waals surface area contributed by atoms with Crippen molar-refractivity contribution in [2.45, 2.75) is 13.0 Å². The Balaban J connectivity index is 2.55. The first-order chi connectivity index (χ1) is 6.63. The van der Waals surface area contributed by atoms with Crippen molar-refractivity contribution in [1.29, 1.82) is 0 Å². The van der Waals surface area contributed by atoms with Crippen molar-refractivity contribution in [1.82, 2.24) is 4.98 Å². The maximum absolute atomic E-state index is 11.9. The zero-order valence-corrected chi connectivity index (χ0v) is 9.29. The SMILES string of the molecule is Cc1nc(OC[C@H](O)CF)ccc1Br. The topological polar surface area (TPSA) is 42.4 Å². The van der Waals surface area contributed by atoms with Gasteiger partial charge in [-0.3, -0.25) is 0 Å². The van der Waals surface area contributed by atoms with Crippen LogP contribution in [0.2, 0.25) is 0 Å². The van der Waals surface area contributed by atoms with E-state index in [0.29, 0.717) is 5.88 Å². The van der Waals surface area contributed by atoms with Gasteiger partial charge >= 0.3 is 0 Å². The van der Waals surface area contributed by atoms with Crippen molar-refractivity contribution < 1.29 is 14.2 Å². The number of hydrogen-bond acceptors (Lipinski definition) is 3. The highest BCUT2D eigenvalue weighted by Crippen LogP contribution is 2.17. The normalized spacial score (nSPS) is 12.6. The molecule has 0 aromatic carbocycles. The Morgan fingerprint density at radius 1 is 1.64 bits per heavy atom. The molecular weight excluding hydrogens is 253 g/mol. The molecular formula is C9H11BrFNO2. The Kier molecular flexibility index (Phi) is 4.28. The Morgan fingerprint density at radius 3 is 2.93 bits per heavy atom. The van der Waals surface area contributed by atoms with Crippen LogP contribution in [0.4, 0.5) is 4.39 Å². The average Bonchev–Trinajstić information content (AvgIpc) is 2.19. The predicted octanol–water partition coefficient (Wildman–Crippen LogP) is 1.86. The number of hydrogen-bond donors (Lipinski definition) is 1. The van der Waals surface area contributed by atoms with E-state index in [9.17, 15) is 4.39 Å². The summed E-state index contributed by atoms with van der Waals surface area (Å²) in [7, 11) is 0. The zero-order chi connectivity index (χ0) is 10.6. The van der Waals surface area contributed by atoms with E-state index < -0.39 is 12.8 Å². The van der Waals surface area contributed by atoms with E-state index in [-0.39, 0.29) is 6.61 Å². The van der Waals surface area contributed by atoms with Crippen LogP contribution in [0, 0.1) is 6.92 Å². The number of aryl methyl sites for hydroxylation is 1. The number of ether oxygens (including phenoxy) is 1. The molecule has 0 amide bonds. The quantitative estimate of drug-likeness (QED) is 0.902. The molecule has 1 aromatic rings. The van der Waals surface area contributed by atoms with Crippen LogP contribution in [0.25, 0.3) is 0 Å². The number of alkyl halides is 1. The van der Waals surface area contributed by atoms with Crippen LogP contribution in [0.15, 0.2) is 16.6 Å². The number of rotatable bonds is 4. The van der Waals surface area contributed by atoms with Crippen LogP contribution in [-0.4, -0.2) is 29.5 Å². The first-order valence-corrected chi connectivity index (χ1v) is 4.92. The van der Waals surface area contributed by atoms with Gasteiger partial charge in [0, 0.05) is 10.5 Å². The number of aromatic nitrogens is 1. The Hall–Kier alpha value is -0.680. The van der Waals surface area contributed by atoms with Crippen LogP contribution in [0.3, 0.4) is 0 Å². The highest BCUT2D eigenvalue weighted by Gasteiger charge is 2.05. The van der Waals surface area contributed by atoms with Gasteiger partial charge in [0.1, 0.15) is 19.4 Å². The van der Waals surface area contributed by atoms with Gasteiger partial charge in [-0.2, -0.15) is 0 Å². The third kappa shape index (κ3) is 3.23. The minimum absolute atomic E-state index is 0.0788. The predicted molar refractivity (Wildman–Crippen MR) is 54.2 cm³/mol. The molecule has 0 aliphatic heterocycles. The van der Waals surface area contributed by atoms with Crippen molar-refractivity contribution in [2.75, 3.05) is 13.3 Å². The monoisotopic (exact) mass is 263 g/mol. The largest absolute Gasteiger partial charge is 0.475 e. The van der Waals surface area contributed by atoms with Gasteiger partial charge in [-0.05, 0) is 28.9 Å². The molecule has 1 rings (SSSR count). The lowest BCUT2D eigenvalue weighted by Crippen LogP contribution is -2.19. The van der Waals surface area contributed by atoms with Crippen molar-refractivity contribution in [3.8, 4) is 5.88 Å². The van der Waals surface area contributed by atoms with Crippen LogP contribution in [0.5, 0.6) is 5.88 Å². The van der Waals surface area contributed by atoms with Crippen LogP contribution in [0.1, 0.15) is 5.69 Å². The molecule has 0 unspecified atom stereocenters. The van der Waals surface area contributed by atoms with Gasteiger partial charge < -0.3 is 9.84 Å². The molecule has 0 radical (unpaired) electrons. The molecule has 1 atom stereocenters. The van der Waals surface area contributed by atoms with Crippen LogP contribution < -0.4 is 4.74 Å². The maximum Gasteiger partial charge on any atom is 0.213 e. The fourth-order valence-corrected chi connectivity index (χ4v) is 1.05. The molecule has 1 heterocycles. The van der Waals surface area contributed by atoms with Gasteiger partial charge in [0.2, 0.25) is 5.88 Å². The second-order valence-corrected chi connectivity index (χ2v) is 3.69. The molecule has 78 valence electrons. The van der Waals surface area contributed by atoms with Crippen molar-refractivity contribution in [3.63, 3.8) is 0 Å². The number of nitrogens with zero attached hydrogens (tertiary/aromatic N) is 1. The molecule has 14 heavy (non-hydrogen) atoms. The minimum atomic E-state index is -1.08. The summed E-state index contributed by atoms with van der Waals surface area (Å²) in [5, 5.41) is 8.91. The van der Waals surface area contributed by atoms with E-state index in [2.05, 4.69) is 20.9 Å². The summed E-state index contributed by atoms with van der Waals surface area (Å²) >= 11 is 3.30. The molecule has 0 bridgehead atoms. The molecule has 0 saturated carbocycles. The molecule has 0 saturated heterocycles. The number of aliphatic hydroxyl groups excluding tert-OH is 1. The van der Waals surface area contributed by atoms with E-state index >= 15 is 0 Å². The number of pyridine rings is 1. The van der Waals surface area contributed by atoms with E-state index in [0.717, 1.165) is 10.2 Å². The molecule has 1 N–H and O–H groups in total. The zero-order valence-electron chi connectivity index (χ0n) is 7.70. The van der Waals surface area contributed by atoms with Gasteiger partial charge in [0.25, 0.3) is 0 Å². The summed E-state index contributed by atoms with van der Waals surface area (Å²) in [6.45, 7) is 0.933. The van der Waals surface area contributed by atoms with E-state index in [4.69, 9.17) is 9.84 Å². The molecule has 0 aliphatic rings. The summed E-state index contributed by atoms with van der Waals surface area (Å²) in [6.07, 6.45) is -1.08. The number of halogens is 2. The first-order valence-electron chi connectivity index (χ1n) is 4.13. The second-order valence-electron chi connectivity index (χ2n) is 2.84. The van der Waals surface area contributed by atoms with E-state index in [1.165, 1.54) is 0 Å². The molecule has 1 aromatic heterocycles. The van der Waals surface area contributed by atoms with Crippen molar-refractivity contribution in [3.05, 3.63) is 22.3 Å². The summed E-state index contributed by atoms with van der Waals surface area (Å²) in [4.78, 5) is 4.08. The lowest BCUT2D eigenvalue weighted by atomic mass is 10.4. The van der Waals surface area contributed by atoms with Gasteiger partial charge in [-0.15, -0.1) is 0 Å². The van der Waals surface area contributed by atoms with Crippen molar-refractivity contribution in [2.24, 2.45) is 0 Å². The van der Waals surface area contributed by atoms with Crippen LogP contribution >= 0.6 is 15.9 Å². The van der Waals surface area contributed by atoms with Gasteiger partial charge in [0.15, 0.2) is 0 Å². The molecule has 3 nitrogen and oxygen atoms in total. The average molecular weight is 264 g/mol. The van der Waals surface area contributed by atoms with Gasteiger partial charge in [-0.25, -0.2) is 9.37 Å². The van der Waals surface area contributed by atoms with E-state index in [1.54, 1.807) is 12.1 Å². The fraction of sp³-hybridized carbons (Fsp3) is 0.444. The standard InChI is InChI=1S/C9H11BrFNO2/c1-6-8(10)2-3-9(12-6)14-5-7(13)4-11/h2-3,7,13H,4-5H2,1H3/t7-/m1/s1. The summed E-state index contributed by atoms with van der Waals surface area (Å²) in [5.74, 6) is 0.387. The molecule has 0 spiro atoms. The summed E-state index contributed by atoms with van der Waals surface area (Å²) in [5.41, 5.74) is 0.789. The lowest BCUT2D eigenvalue weighted by molar-refractivity contribution is 0.0821. The Bertz CT molecular complexity index is 309. The summed E-state index contributed by atoms with van der Waals surface area (Å²) in [6, 6.07) is 3.45. The van der Waals surface area contributed by atoms with E-state index in [1.807, 2.05) is 6.92 Å². The maximum atomic E-state index is 11.9. The highest BCUT2D eigenvalue weighted by molar-refractivity contribution is 9.10. The van der Waals surface area contributed by atoms with Crippen molar-refractivity contribution >= 4 is 15.9 Å². The highest BCUT2D eigenvalue weighted by atomic mass is 79.9. The number of aliphatic hydroxyl groups is 1. The fourth-order valence-electron chi connectivity index (χ4n) is 0.828. The summed E-state index contributed by atoms with van der Waals surface area (Å²) < 4.78 is 17.8.